The first-order chi connectivity index (χ1) is 14.7. The van der Waals surface area contributed by atoms with Crippen LogP contribution in [-0.4, -0.2) is 7.11 Å². The van der Waals surface area contributed by atoms with Crippen molar-refractivity contribution < 1.29 is 4.74 Å². The standard InChI is InChI=1S/C27H22ClNO/c1-30-26-17-15-25(16-18-26)29-24-13-7-20(8-14-24)19-27(21-5-3-2-4-6-21)22-9-11-23(28)12-10-22/h2-19,29H,1H3. The van der Waals surface area contributed by atoms with Crippen LogP contribution < -0.4 is 10.1 Å². The SMILES string of the molecule is COc1ccc(Nc2ccc(C=C(c3ccccc3)c3ccc(Cl)cc3)cc2)cc1. The van der Waals surface area contributed by atoms with Crippen molar-refractivity contribution in [1.29, 1.82) is 0 Å². The third-order valence-electron chi connectivity index (χ3n) is 4.84. The molecule has 4 aromatic rings. The molecule has 30 heavy (non-hydrogen) atoms. The Labute approximate surface area is 182 Å². The second-order valence-electron chi connectivity index (χ2n) is 6.91. The second-order valence-corrected chi connectivity index (χ2v) is 7.34. The number of rotatable bonds is 6. The Morgan fingerprint density at radius 1 is 0.700 bits per heavy atom. The number of ether oxygens (including phenoxy) is 1. The van der Waals surface area contributed by atoms with E-state index in [-0.39, 0.29) is 0 Å². The van der Waals surface area contributed by atoms with E-state index in [0.29, 0.717) is 0 Å². The van der Waals surface area contributed by atoms with Crippen LogP contribution in [0.15, 0.2) is 103 Å². The van der Waals surface area contributed by atoms with E-state index in [1.165, 1.54) is 5.56 Å². The summed E-state index contributed by atoms with van der Waals surface area (Å²) in [5, 5.41) is 4.15. The van der Waals surface area contributed by atoms with Crippen molar-refractivity contribution in [1.82, 2.24) is 0 Å². The molecule has 1 N–H and O–H groups in total. The smallest absolute Gasteiger partial charge is 0.119 e. The topological polar surface area (TPSA) is 21.3 Å². The van der Waals surface area contributed by atoms with E-state index in [0.717, 1.165) is 38.8 Å². The van der Waals surface area contributed by atoms with E-state index in [1.807, 2.05) is 42.5 Å². The Kier molecular flexibility index (Phi) is 6.17. The van der Waals surface area contributed by atoms with Crippen LogP contribution in [0.4, 0.5) is 11.4 Å². The Hall–Kier alpha value is -3.49. The first kappa shape index (κ1) is 19.8. The normalized spacial score (nSPS) is 11.2. The third kappa shape index (κ3) is 4.91. The summed E-state index contributed by atoms with van der Waals surface area (Å²) < 4.78 is 5.21. The van der Waals surface area contributed by atoms with Crippen LogP contribution in [0.5, 0.6) is 5.75 Å². The van der Waals surface area contributed by atoms with Crippen molar-refractivity contribution in [2.45, 2.75) is 0 Å². The van der Waals surface area contributed by atoms with Gasteiger partial charge in [0.05, 0.1) is 7.11 Å². The van der Waals surface area contributed by atoms with Crippen LogP contribution in [0, 0.1) is 0 Å². The van der Waals surface area contributed by atoms with Crippen LogP contribution in [-0.2, 0) is 0 Å². The zero-order valence-electron chi connectivity index (χ0n) is 16.7. The van der Waals surface area contributed by atoms with Gasteiger partial charge in [-0.15, -0.1) is 0 Å². The highest BCUT2D eigenvalue weighted by Gasteiger charge is 2.06. The quantitative estimate of drug-likeness (QED) is 0.328. The van der Waals surface area contributed by atoms with Crippen LogP contribution in [0.1, 0.15) is 16.7 Å². The molecule has 0 aliphatic carbocycles. The largest absolute Gasteiger partial charge is 0.497 e. The summed E-state index contributed by atoms with van der Waals surface area (Å²) in [6.07, 6.45) is 2.20. The third-order valence-corrected chi connectivity index (χ3v) is 5.09. The molecule has 0 saturated heterocycles. The monoisotopic (exact) mass is 411 g/mol. The fraction of sp³-hybridized carbons (Fsp3) is 0.0370. The predicted molar refractivity (Wildman–Crippen MR) is 128 cm³/mol. The molecule has 4 aromatic carbocycles. The first-order valence-corrected chi connectivity index (χ1v) is 10.1. The molecule has 0 radical (unpaired) electrons. The number of methoxy groups -OCH3 is 1. The highest BCUT2D eigenvalue weighted by Crippen LogP contribution is 2.28. The van der Waals surface area contributed by atoms with Crippen molar-refractivity contribution in [3.63, 3.8) is 0 Å². The van der Waals surface area contributed by atoms with E-state index in [2.05, 4.69) is 72.1 Å². The minimum atomic E-state index is 0.736. The average molecular weight is 412 g/mol. The van der Waals surface area contributed by atoms with Gasteiger partial charge in [0.15, 0.2) is 0 Å². The lowest BCUT2D eigenvalue weighted by Crippen LogP contribution is -1.91. The maximum atomic E-state index is 6.09. The molecule has 148 valence electrons. The van der Waals surface area contributed by atoms with E-state index in [1.54, 1.807) is 7.11 Å². The van der Waals surface area contributed by atoms with Crippen LogP contribution in [0.25, 0.3) is 11.6 Å². The molecule has 0 spiro atoms. The number of benzene rings is 4. The van der Waals surface area contributed by atoms with E-state index in [4.69, 9.17) is 16.3 Å². The molecule has 0 unspecified atom stereocenters. The highest BCUT2D eigenvalue weighted by atomic mass is 35.5. The van der Waals surface area contributed by atoms with Crippen molar-refractivity contribution >= 4 is 34.6 Å². The zero-order valence-corrected chi connectivity index (χ0v) is 17.4. The van der Waals surface area contributed by atoms with Gasteiger partial charge < -0.3 is 10.1 Å². The van der Waals surface area contributed by atoms with Gasteiger partial charge in [0.25, 0.3) is 0 Å². The average Bonchev–Trinajstić information content (AvgIpc) is 2.80. The summed E-state index contributed by atoms with van der Waals surface area (Å²) in [5.74, 6) is 0.844. The van der Waals surface area contributed by atoms with Gasteiger partial charge in [-0.2, -0.15) is 0 Å². The first-order valence-electron chi connectivity index (χ1n) is 9.75. The predicted octanol–water partition coefficient (Wildman–Crippen LogP) is 7.68. The summed E-state index contributed by atoms with van der Waals surface area (Å²) in [6.45, 7) is 0. The summed E-state index contributed by atoms with van der Waals surface area (Å²) in [4.78, 5) is 0. The van der Waals surface area contributed by atoms with Crippen LogP contribution in [0.3, 0.4) is 0 Å². The lowest BCUT2D eigenvalue weighted by atomic mass is 9.96. The van der Waals surface area contributed by atoms with Gasteiger partial charge in [0, 0.05) is 16.4 Å². The summed E-state index contributed by atoms with van der Waals surface area (Å²) in [5.41, 5.74) is 6.63. The molecule has 0 aromatic heterocycles. The molecule has 0 fully saturated rings. The Morgan fingerprint density at radius 2 is 1.27 bits per heavy atom. The number of hydrogen-bond donors (Lipinski definition) is 1. The van der Waals surface area contributed by atoms with Crippen LogP contribution in [0.2, 0.25) is 5.02 Å². The molecule has 2 nitrogen and oxygen atoms in total. The number of nitrogens with one attached hydrogen (secondary N) is 1. The molecular formula is C27H22ClNO. The van der Waals surface area contributed by atoms with Crippen molar-refractivity contribution in [2.75, 3.05) is 12.4 Å². The van der Waals surface area contributed by atoms with E-state index >= 15 is 0 Å². The van der Waals surface area contributed by atoms with Gasteiger partial charge in [-0.1, -0.05) is 66.2 Å². The Bertz CT molecular complexity index is 1120. The Balaban J connectivity index is 1.60. The fourth-order valence-electron chi connectivity index (χ4n) is 3.25. The van der Waals surface area contributed by atoms with E-state index < -0.39 is 0 Å². The lowest BCUT2D eigenvalue weighted by molar-refractivity contribution is 0.415. The molecule has 0 heterocycles. The lowest BCUT2D eigenvalue weighted by Gasteiger charge is -2.10. The summed E-state index contributed by atoms with van der Waals surface area (Å²) in [6, 6.07) is 34.6. The van der Waals surface area contributed by atoms with Crippen molar-refractivity contribution in [3.05, 3.63) is 125 Å². The van der Waals surface area contributed by atoms with Crippen molar-refractivity contribution in [2.24, 2.45) is 0 Å². The molecule has 0 bridgehead atoms. The van der Waals surface area contributed by atoms with Gasteiger partial charge >= 0.3 is 0 Å². The molecule has 0 atom stereocenters. The second kappa shape index (κ2) is 9.34. The molecule has 0 amide bonds. The number of anilines is 2. The molecule has 0 aliphatic heterocycles. The minimum absolute atomic E-state index is 0.736. The number of halogens is 1. The Morgan fingerprint density at radius 3 is 1.87 bits per heavy atom. The summed E-state index contributed by atoms with van der Waals surface area (Å²) in [7, 11) is 1.67. The number of hydrogen-bond acceptors (Lipinski definition) is 2. The fourth-order valence-corrected chi connectivity index (χ4v) is 3.38. The van der Waals surface area contributed by atoms with Gasteiger partial charge in [-0.3, -0.25) is 0 Å². The van der Waals surface area contributed by atoms with Gasteiger partial charge in [0.2, 0.25) is 0 Å². The van der Waals surface area contributed by atoms with E-state index in [9.17, 15) is 0 Å². The zero-order chi connectivity index (χ0) is 20.8. The van der Waals surface area contributed by atoms with Gasteiger partial charge in [-0.05, 0) is 76.9 Å². The molecule has 4 rings (SSSR count). The van der Waals surface area contributed by atoms with Crippen molar-refractivity contribution in [3.8, 4) is 5.75 Å². The molecule has 3 heteroatoms. The minimum Gasteiger partial charge on any atom is -0.497 e. The molecule has 0 saturated carbocycles. The molecule has 0 aliphatic rings. The maximum Gasteiger partial charge on any atom is 0.119 e. The molecular weight excluding hydrogens is 390 g/mol. The van der Waals surface area contributed by atoms with Crippen LogP contribution >= 0.6 is 11.6 Å². The highest BCUT2D eigenvalue weighted by molar-refractivity contribution is 6.30. The summed E-state index contributed by atoms with van der Waals surface area (Å²) >= 11 is 6.09. The van der Waals surface area contributed by atoms with Gasteiger partial charge in [-0.25, -0.2) is 0 Å². The van der Waals surface area contributed by atoms with Gasteiger partial charge in [0.1, 0.15) is 5.75 Å². The maximum absolute atomic E-state index is 6.09.